The van der Waals surface area contributed by atoms with Crippen molar-refractivity contribution in [2.75, 3.05) is 0 Å². The van der Waals surface area contributed by atoms with E-state index in [9.17, 15) is 9.90 Å². The average Bonchev–Trinajstić information content (AvgIpc) is 2.08. The summed E-state index contributed by atoms with van der Waals surface area (Å²) < 4.78 is 0.565. The predicted molar refractivity (Wildman–Crippen MR) is 64.3 cm³/mol. The number of phenols is 1. The van der Waals surface area contributed by atoms with Gasteiger partial charge in [-0.05, 0) is 40.5 Å². The molecule has 1 rings (SSSR count). The van der Waals surface area contributed by atoms with Crippen LogP contribution in [0.15, 0.2) is 16.6 Å². The second-order valence-corrected chi connectivity index (χ2v) is 5.58. The van der Waals surface area contributed by atoms with Crippen LogP contribution in [0.1, 0.15) is 36.7 Å². The molecule has 1 N–H and O–H groups in total. The maximum atomic E-state index is 12.0. The molecule has 3 heteroatoms. The summed E-state index contributed by atoms with van der Waals surface area (Å²) in [5.74, 6) is -0.0232. The van der Waals surface area contributed by atoms with Gasteiger partial charge in [-0.2, -0.15) is 0 Å². The molecule has 0 heterocycles. The lowest BCUT2D eigenvalue weighted by atomic mass is 9.86. The second-order valence-electron chi connectivity index (χ2n) is 4.72. The van der Waals surface area contributed by atoms with Crippen LogP contribution in [0, 0.1) is 12.3 Å². The van der Waals surface area contributed by atoms with E-state index in [2.05, 4.69) is 15.9 Å². The Hall–Kier alpha value is -0.830. The normalized spacial score (nSPS) is 11.5. The summed E-state index contributed by atoms with van der Waals surface area (Å²) >= 11 is 3.23. The number of halogens is 1. The molecule has 1 aromatic carbocycles. The van der Waals surface area contributed by atoms with Crippen molar-refractivity contribution in [3.05, 3.63) is 27.7 Å². The third kappa shape index (κ3) is 2.59. The van der Waals surface area contributed by atoms with Gasteiger partial charge in [0.15, 0.2) is 5.78 Å². The Morgan fingerprint density at radius 2 is 1.87 bits per heavy atom. The van der Waals surface area contributed by atoms with Crippen LogP contribution in [0.5, 0.6) is 5.75 Å². The summed E-state index contributed by atoms with van der Waals surface area (Å²) in [5, 5.41) is 9.79. The molecular formula is C12H15BrO2. The molecule has 0 bridgehead atoms. The van der Waals surface area contributed by atoms with Crippen molar-refractivity contribution in [2.45, 2.75) is 27.7 Å². The van der Waals surface area contributed by atoms with Crippen molar-refractivity contribution in [1.29, 1.82) is 0 Å². The van der Waals surface area contributed by atoms with Crippen molar-refractivity contribution in [3.63, 3.8) is 0 Å². The lowest BCUT2D eigenvalue weighted by molar-refractivity contribution is 0.0855. The van der Waals surface area contributed by atoms with E-state index in [1.807, 2.05) is 27.7 Å². The molecule has 0 amide bonds. The van der Waals surface area contributed by atoms with Gasteiger partial charge >= 0.3 is 0 Å². The quantitative estimate of drug-likeness (QED) is 0.791. The molecular weight excluding hydrogens is 256 g/mol. The number of aryl methyl sites for hydroxylation is 1. The first kappa shape index (κ1) is 12.2. The molecule has 1 aromatic rings. The van der Waals surface area contributed by atoms with Crippen LogP contribution >= 0.6 is 15.9 Å². The molecule has 0 atom stereocenters. The number of hydrogen-bond donors (Lipinski definition) is 1. The molecule has 2 nitrogen and oxygen atoms in total. The van der Waals surface area contributed by atoms with Gasteiger partial charge in [-0.25, -0.2) is 0 Å². The molecule has 0 aliphatic heterocycles. The van der Waals surface area contributed by atoms with Gasteiger partial charge in [-0.3, -0.25) is 4.79 Å². The first-order chi connectivity index (χ1) is 6.73. The monoisotopic (exact) mass is 270 g/mol. The Morgan fingerprint density at radius 3 is 2.33 bits per heavy atom. The highest BCUT2D eigenvalue weighted by Gasteiger charge is 2.26. The molecule has 0 aliphatic carbocycles. The smallest absolute Gasteiger partial charge is 0.171 e. The van der Waals surface area contributed by atoms with Crippen LogP contribution in [0.25, 0.3) is 0 Å². The van der Waals surface area contributed by atoms with Crippen molar-refractivity contribution in [1.82, 2.24) is 0 Å². The maximum absolute atomic E-state index is 12.0. The number of phenolic OH excluding ortho intramolecular Hbond substituents is 1. The number of hydrogen-bond acceptors (Lipinski definition) is 2. The Kier molecular flexibility index (Phi) is 3.24. The fraction of sp³-hybridized carbons (Fsp3) is 0.417. The third-order valence-electron chi connectivity index (χ3n) is 2.13. The topological polar surface area (TPSA) is 37.3 Å². The zero-order valence-electron chi connectivity index (χ0n) is 9.39. The molecule has 0 aromatic heterocycles. The van der Waals surface area contributed by atoms with Gasteiger partial charge < -0.3 is 5.11 Å². The summed E-state index contributed by atoms with van der Waals surface area (Å²) in [5.41, 5.74) is 0.853. The van der Waals surface area contributed by atoms with Gasteiger partial charge in [-0.1, -0.05) is 20.8 Å². The highest BCUT2D eigenvalue weighted by Crippen LogP contribution is 2.33. The number of aromatic hydroxyl groups is 1. The van der Waals surface area contributed by atoms with E-state index >= 15 is 0 Å². The Bertz CT molecular complexity index is 403. The summed E-state index contributed by atoms with van der Waals surface area (Å²) in [6.07, 6.45) is 0. The lowest BCUT2D eigenvalue weighted by Gasteiger charge is -2.18. The first-order valence-corrected chi connectivity index (χ1v) is 5.56. The van der Waals surface area contributed by atoms with E-state index in [0.717, 1.165) is 5.56 Å². The van der Waals surface area contributed by atoms with Crippen LogP contribution in [0.2, 0.25) is 0 Å². The van der Waals surface area contributed by atoms with E-state index in [-0.39, 0.29) is 11.5 Å². The zero-order chi connectivity index (χ0) is 11.8. The predicted octanol–water partition coefficient (Wildman–Crippen LogP) is 3.69. The van der Waals surface area contributed by atoms with Gasteiger partial charge in [0.25, 0.3) is 0 Å². The number of ketones is 1. The van der Waals surface area contributed by atoms with E-state index < -0.39 is 5.41 Å². The number of rotatable bonds is 1. The largest absolute Gasteiger partial charge is 0.506 e. The van der Waals surface area contributed by atoms with Crippen LogP contribution in [-0.4, -0.2) is 10.9 Å². The lowest BCUT2D eigenvalue weighted by Crippen LogP contribution is -2.20. The van der Waals surface area contributed by atoms with Crippen LogP contribution < -0.4 is 0 Å². The van der Waals surface area contributed by atoms with E-state index in [4.69, 9.17) is 0 Å². The summed E-state index contributed by atoms with van der Waals surface area (Å²) in [7, 11) is 0. The minimum Gasteiger partial charge on any atom is -0.506 e. The molecule has 0 saturated carbocycles. The number of carbonyl (C=O) groups excluding carboxylic acids is 1. The number of benzene rings is 1. The van der Waals surface area contributed by atoms with Crippen LogP contribution in [-0.2, 0) is 0 Å². The van der Waals surface area contributed by atoms with Gasteiger partial charge in [0, 0.05) is 5.41 Å². The van der Waals surface area contributed by atoms with Gasteiger partial charge in [-0.15, -0.1) is 0 Å². The van der Waals surface area contributed by atoms with Crippen molar-refractivity contribution < 1.29 is 9.90 Å². The number of Topliss-reactive ketones (excluding diaryl/α,β-unsaturated/α-hetero) is 1. The van der Waals surface area contributed by atoms with Crippen LogP contribution in [0.4, 0.5) is 0 Å². The van der Waals surface area contributed by atoms with Crippen molar-refractivity contribution in [2.24, 2.45) is 5.41 Å². The molecule has 0 fully saturated rings. The highest BCUT2D eigenvalue weighted by molar-refractivity contribution is 9.10. The van der Waals surface area contributed by atoms with E-state index in [1.54, 1.807) is 12.1 Å². The Labute approximate surface area is 98.4 Å². The first-order valence-electron chi connectivity index (χ1n) is 4.77. The summed E-state index contributed by atoms with van der Waals surface area (Å²) in [6, 6.07) is 3.50. The van der Waals surface area contributed by atoms with E-state index in [1.165, 1.54) is 0 Å². The van der Waals surface area contributed by atoms with E-state index in [0.29, 0.717) is 10.0 Å². The molecule has 0 radical (unpaired) electrons. The average molecular weight is 271 g/mol. The molecule has 15 heavy (non-hydrogen) atoms. The van der Waals surface area contributed by atoms with Crippen molar-refractivity contribution >= 4 is 21.7 Å². The SMILES string of the molecule is Cc1cc(Br)c(O)c(C(=O)C(C)(C)C)c1. The van der Waals surface area contributed by atoms with Crippen LogP contribution in [0.3, 0.4) is 0 Å². The molecule has 0 saturated heterocycles. The highest BCUT2D eigenvalue weighted by atomic mass is 79.9. The maximum Gasteiger partial charge on any atom is 0.171 e. The van der Waals surface area contributed by atoms with Gasteiger partial charge in [0.2, 0.25) is 0 Å². The van der Waals surface area contributed by atoms with Crippen molar-refractivity contribution in [3.8, 4) is 5.75 Å². The second kappa shape index (κ2) is 3.97. The van der Waals surface area contributed by atoms with Gasteiger partial charge in [0.05, 0.1) is 10.0 Å². The number of carbonyl (C=O) groups is 1. The molecule has 0 spiro atoms. The minimum absolute atomic E-state index is 0.0283. The fourth-order valence-corrected chi connectivity index (χ4v) is 1.89. The molecule has 0 unspecified atom stereocenters. The standard InChI is InChI=1S/C12H15BrO2/c1-7-5-8(10(14)9(13)6-7)11(15)12(2,3)4/h5-6,14H,1-4H3. The Balaban J connectivity index is 3.32. The van der Waals surface area contributed by atoms with Gasteiger partial charge in [0.1, 0.15) is 5.75 Å². The summed E-state index contributed by atoms with van der Waals surface area (Å²) in [4.78, 5) is 12.0. The molecule has 82 valence electrons. The fourth-order valence-electron chi connectivity index (χ4n) is 1.31. The third-order valence-corrected chi connectivity index (χ3v) is 2.74. The zero-order valence-corrected chi connectivity index (χ0v) is 11.0. The minimum atomic E-state index is -0.481. The summed E-state index contributed by atoms with van der Waals surface area (Å²) in [6.45, 7) is 7.41. The Morgan fingerprint density at radius 1 is 1.33 bits per heavy atom. The molecule has 0 aliphatic rings.